The highest BCUT2D eigenvalue weighted by molar-refractivity contribution is 6.32. The second-order valence-electron chi connectivity index (χ2n) is 4.26. The van der Waals surface area contributed by atoms with Crippen LogP contribution in [0, 0.1) is 5.82 Å². The van der Waals surface area contributed by atoms with Crippen LogP contribution >= 0.6 is 11.6 Å². The molecule has 0 radical (unpaired) electrons. The Morgan fingerprint density at radius 3 is 2.71 bits per heavy atom. The van der Waals surface area contributed by atoms with E-state index in [1.807, 2.05) is 0 Å². The summed E-state index contributed by atoms with van der Waals surface area (Å²) in [5, 5.41) is 5.97. The van der Waals surface area contributed by atoms with Crippen LogP contribution < -0.4 is 15.4 Å². The first-order valence-corrected chi connectivity index (χ1v) is 6.59. The van der Waals surface area contributed by atoms with Gasteiger partial charge in [-0.1, -0.05) is 17.7 Å². The summed E-state index contributed by atoms with van der Waals surface area (Å²) in [6.07, 6.45) is 0. The van der Waals surface area contributed by atoms with Gasteiger partial charge in [0.05, 0.1) is 18.7 Å². The number of carbonyl (C=O) groups is 1. The average Bonchev–Trinajstić information content (AvgIpc) is 2.45. The smallest absolute Gasteiger partial charge is 0.243 e. The Morgan fingerprint density at radius 2 is 2.05 bits per heavy atom. The standard InChI is InChI=1S/C15H14ClFN2O2/c1-21-14-6-5-11(8-13(14)16)18-9-15(20)19-12-4-2-3-10(17)7-12/h2-8,18H,9H2,1H3,(H,19,20). The molecule has 0 atom stereocenters. The molecule has 0 aromatic heterocycles. The molecule has 0 heterocycles. The molecule has 110 valence electrons. The second kappa shape index (κ2) is 6.95. The van der Waals surface area contributed by atoms with Crippen LogP contribution in [-0.2, 0) is 4.79 Å². The summed E-state index contributed by atoms with van der Waals surface area (Å²) in [4.78, 5) is 11.8. The highest BCUT2D eigenvalue weighted by Crippen LogP contribution is 2.27. The summed E-state index contributed by atoms with van der Waals surface area (Å²) in [7, 11) is 1.53. The normalized spacial score (nSPS) is 10.0. The van der Waals surface area contributed by atoms with Gasteiger partial charge in [-0.05, 0) is 36.4 Å². The first-order chi connectivity index (χ1) is 10.1. The topological polar surface area (TPSA) is 50.4 Å². The lowest BCUT2D eigenvalue weighted by molar-refractivity contribution is -0.114. The van der Waals surface area contributed by atoms with Crippen molar-refractivity contribution in [2.75, 3.05) is 24.3 Å². The van der Waals surface area contributed by atoms with Crippen LogP contribution in [-0.4, -0.2) is 19.6 Å². The van der Waals surface area contributed by atoms with Crippen LogP contribution in [0.2, 0.25) is 5.02 Å². The van der Waals surface area contributed by atoms with E-state index >= 15 is 0 Å². The minimum absolute atomic E-state index is 0.0408. The average molecular weight is 309 g/mol. The number of methoxy groups -OCH3 is 1. The Balaban J connectivity index is 1.90. The number of anilines is 2. The zero-order valence-corrected chi connectivity index (χ0v) is 12.1. The fourth-order valence-electron chi connectivity index (χ4n) is 1.73. The third kappa shape index (κ3) is 4.36. The van der Waals surface area contributed by atoms with Gasteiger partial charge in [-0.2, -0.15) is 0 Å². The Morgan fingerprint density at radius 1 is 1.24 bits per heavy atom. The number of amides is 1. The van der Waals surface area contributed by atoms with E-state index in [1.54, 1.807) is 24.3 Å². The van der Waals surface area contributed by atoms with Gasteiger partial charge in [0.1, 0.15) is 11.6 Å². The highest BCUT2D eigenvalue weighted by atomic mass is 35.5. The van der Waals surface area contributed by atoms with E-state index in [0.29, 0.717) is 22.1 Å². The van der Waals surface area contributed by atoms with Gasteiger partial charge in [-0.3, -0.25) is 4.79 Å². The second-order valence-corrected chi connectivity index (χ2v) is 4.67. The quantitative estimate of drug-likeness (QED) is 0.888. The maximum Gasteiger partial charge on any atom is 0.243 e. The molecule has 0 aliphatic heterocycles. The number of halogens is 2. The molecule has 0 spiro atoms. The molecule has 1 amide bonds. The number of hydrogen-bond acceptors (Lipinski definition) is 3. The molecule has 2 aromatic rings. The third-order valence-electron chi connectivity index (χ3n) is 2.71. The summed E-state index contributed by atoms with van der Waals surface area (Å²) >= 11 is 5.98. The first kappa shape index (κ1) is 15.1. The fourth-order valence-corrected chi connectivity index (χ4v) is 1.99. The molecule has 21 heavy (non-hydrogen) atoms. The van der Waals surface area contributed by atoms with Crippen molar-refractivity contribution in [3.8, 4) is 5.75 Å². The van der Waals surface area contributed by atoms with Gasteiger partial charge in [-0.15, -0.1) is 0 Å². The number of ether oxygens (including phenoxy) is 1. The predicted octanol–water partition coefficient (Wildman–Crippen LogP) is 3.54. The molecule has 0 aliphatic carbocycles. The predicted molar refractivity (Wildman–Crippen MR) is 81.5 cm³/mol. The molecule has 0 saturated carbocycles. The number of hydrogen-bond donors (Lipinski definition) is 2. The number of benzene rings is 2. The third-order valence-corrected chi connectivity index (χ3v) is 3.01. The molecule has 2 rings (SSSR count). The van der Waals surface area contributed by atoms with Crippen molar-refractivity contribution in [2.24, 2.45) is 0 Å². The molecule has 0 aliphatic rings. The molecule has 2 N–H and O–H groups in total. The monoisotopic (exact) mass is 308 g/mol. The minimum atomic E-state index is -0.400. The van der Waals surface area contributed by atoms with Crippen molar-refractivity contribution in [1.29, 1.82) is 0 Å². The lowest BCUT2D eigenvalue weighted by atomic mass is 10.3. The summed E-state index contributed by atoms with van der Waals surface area (Å²) < 4.78 is 18.0. The van der Waals surface area contributed by atoms with Crippen molar-refractivity contribution in [2.45, 2.75) is 0 Å². The lowest BCUT2D eigenvalue weighted by Gasteiger charge is -2.09. The summed E-state index contributed by atoms with van der Waals surface area (Å²) in [6, 6.07) is 10.8. The molecular formula is C15H14ClFN2O2. The van der Waals surface area contributed by atoms with E-state index in [0.717, 1.165) is 0 Å². The van der Waals surface area contributed by atoms with Crippen LogP contribution in [0.25, 0.3) is 0 Å². The molecule has 0 bridgehead atoms. The van der Waals surface area contributed by atoms with Crippen LogP contribution in [0.3, 0.4) is 0 Å². The Hall–Kier alpha value is -2.27. The van der Waals surface area contributed by atoms with Gasteiger partial charge in [0.25, 0.3) is 0 Å². The molecule has 0 unspecified atom stereocenters. The van der Waals surface area contributed by atoms with E-state index in [-0.39, 0.29) is 12.5 Å². The van der Waals surface area contributed by atoms with Crippen molar-refractivity contribution in [1.82, 2.24) is 0 Å². The maximum atomic E-state index is 13.0. The number of carbonyl (C=O) groups excluding carboxylic acids is 1. The molecule has 0 saturated heterocycles. The van der Waals surface area contributed by atoms with Gasteiger partial charge >= 0.3 is 0 Å². The Bertz CT molecular complexity index is 649. The largest absolute Gasteiger partial charge is 0.495 e. The zero-order valence-electron chi connectivity index (χ0n) is 11.3. The van der Waals surface area contributed by atoms with Crippen molar-refractivity contribution >= 4 is 28.9 Å². The summed E-state index contributed by atoms with van der Waals surface area (Å²) in [5.41, 5.74) is 1.10. The van der Waals surface area contributed by atoms with Crippen LogP contribution in [0.15, 0.2) is 42.5 Å². The van der Waals surface area contributed by atoms with E-state index < -0.39 is 5.82 Å². The van der Waals surface area contributed by atoms with Gasteiger partial charge in [0.2, 0.25) is 5.91 Å². The van der Waals surface area contributed by atoms with Gasteiger partial charge in [0.15, 0.2) is 0 Å². The SMILES string of the molecule is COc1ccc(NCC(=O)Nc2cccc(F)c2)cc1Cl. The molecule has 0 fully saturated rings. The first-order valence-electron chi connectivity index (χ1n) is 6.21. The summed E-state index contributed by atoms with van der Waals surface area (Å²) in [5.74, 6) is -0.123. The minimum Gasteiger partial charge on any atom is -0.495 e. The molecular weight excluding hydrogens is 295 g/mol. The van der Waals surface area contributed by atoms with Crippen LogP contribution in [0.5, 0.6) is 5.75 Å². The van der Waals surface area contributed by atoms with E-state index in [1.165, 1.54) is 25.3 Å². The molecule has 4 nitrogen and oxygen atoms in total. The van der Waals surface area contributed by atoms with E-state index in [4.69, 9.17) is 16.3 Å². The lowest BCUT2D eigenvalue weighted by Crippen LogP contribution is -2.21. The molecule has 2 aromatic carbocycles. The van der Waals surface area contributed by atoms with Gasteiger partial charge in [0, 0.05) is 11.4 Å². The Kier molecular flexibility index (Phi) is 5.00. The zero-order chi connectivity index (χ0) is 15.2. The van der Waals surface area contributed by atoms with Crippen LogP contribution in [0.1, 0.15) is 0 Å². The van der Waals surface area contributed by atoms with Crippen molar-refractivity contribution in [3.63, 3.8) is 0 Å². The van der Waals surface area contributed by atoms with E-state index in [9.17, 15) is 9.18 Å². The number of nitrogens with one attached hydrogen (secondary N) is 2. The molecule has 6 heteroatoms. The van der Waals surface area contributed by atoms with Crippen molar-refractivity contribution < 1.29 is 13.9 Å². The Labute approximate surface area is 126 Å². The number of rotatable bonds is 5. The van der Waals surface area contributed by atoms with E-state index in [2.05, 4.69) is 10.6 Å². The summed E-state index contributed by atoms with van der Waals surface area (Å²) in [6.45, 7) is 0.0408. The van der Waals surface area contributed by atoms with Crippen molar-refractivity contribution in [3.05, 3.63) is 53.3 Å². The maximum absolute atomic E-state index is 13.0. The fraction of sp³-hybridized carbons (Fsp3) is 0.133. The van der Waals surface area contributed by atoms with Gasteiger partial charge < -0.3 is 15.4 Å². The van der Waals surface area contributed by atoms with Gasteiger partial charge in [-0.25, -0.2) is 4.39 Å². The highest BCUT2D eigenvalue weighted by Gasteiger charge is 2.05. The van der Waals surface area contributed by atoms with Crippen LogP contribution in [0.4, 0.5) is 15.8 Å².